The number of imidazole rings is 1. The summed E-state index contributed by atoms with van der Waals surface area (Å²) >= 11 is 0. The van der Waals surface area contributed by atoms with Crippen LogP contribution in [0.2, 0.25) is 0 Å². The van der Waals surface area contributed by atoms with Gasteiger partial charge in [0.25, 0.3) is 0 Å². The van der Waals surface area contributed by atoms with Crippen molar-refractivity contribution in [3.63, 3.8) is 0 Å². The van der Waals surface area contributed by atoms with Gasteiger partial charge in [-0.15, -0.1) is 0 Å². The summed E-state index contributed by atoms with van der Waals surface area (Å²) in [7, 11) is 1.12. The van der Waals surface area contributed by atoms with Crippen LogP contribution in [0.25, 0.3) is 11.0 Å². The minimum atomic E-state index is -3.76. The number of fused-ring (bicyclic) bond motifs is 1. The van der Waals surface area contributed by atoms with E-state index in [1.165, 1.54) is 13.4 Å². The molecule has 0 radical (unpaired) electrons. The highest BCUT2D eigenvalue weighted by Gasteiger charge is 2.29. The molecule has 1 aromatic heterocycles. The maximum Gasteiger partial charge on any atom is 0.328 e. The van der Waals surface area contributed by atoms with Gasteiger partial charge in [-0.25, -0.2) is 13.2 Å². The molecule has 3 rings (SSSR count). The van der Waals surface area contributed by atoms with E-state index in [9.17, 15) is 13.2 Å². The molecule has 0 saturated heterocycles. The molecule has 2 aromatic carbocycles. The quantitative estimate of drug-likeness (QED) is 0.634. The Morgan fingerprint density at radius 2 is 1.75 bits per heavy atom. The standard InChI is InChI=1S/C20H25N3O4S/c1-6-23(14(2)15-8-7-9-16(12-15)27-5)28(25,26)17-10-11-18-19(13-17)22(4)20(24)21(18)3/h7-14H,6H2,1-5H3. The molecular weight excluding hydrogens is 378 g/mol. The molecule has 1 heterocycles. The number of ether oxygens (including phenoxy) is 1. The Hall–Kier alpha value is -2.58. The van der Waals surface area contributed by atoms with Gasteiger partial charge in [-0.2, -0.15) is 4.31 Å². The summed E-state index contributed by atoms with van der Waals surface area (Å²) in [6.45, 7) is 3.98. The highest BCUT2D eigenvalue weighted by atomic mass is 32.2. The van der Waals surface area contributed by atoms with Crippen LogP contribution in [0, 0.1) is 0 Å². The van der Waals surface area contributed by atoms with E-state index in [1.54, 1.807) is 39.4 Å². The molecule has 1 atom stereocenters. The fraction of sp³-hybridized carbons (Fsp3) is 0.350. The van der Waals surface area contributed by atoms with E-state index >= 15 is 0 Å². The fourth-order valence-electron chi connectivity index (χ4n) is 3.50. The molecule has 0 amide bonds. The Kier molecular flexibility index (Phi) is 5.36. The first-order valence-electron chi connectivity index (χ1n) is 9.03. The molecule has 0 N–H and O–H groups in total. The maximum atomic E-state index is 13.4. The largest absolute Gasteiger partial charge is 0.497 e. The number of hydrogen-bond acceptors (Lipinski definition) is 4. The number of benzene rings is 2. The smallest absolute Gasteiger partial charge is 0.328 e. The Morgan fingerprint density at radius 3 is 2.39 bits per heavy atom. The second-order valence-corrected chi connectivity index (χ2v) is 8.60. The van der Waals surface area contributed by atoms with E-state index in [-0.39, 0.29) is 16.6 Å². The number of hydrogen-bond donors (Lipinski definition) is 0. The van der Waals surface area contributed by atoms with Crippen LogP contribution in [0.3, 0.4) is 0 Å². The van der Waals surface area contributed by atoms with Crippen LogP contribution in [-0.4, -0.2) is 35.5 Å². The molecule has 3 aromatic rings. The lowest BCUT2D eigenvalue weighted by atomic mass is 10.1. The molecule has 1 unspecified atom stereocenters. The Morgan fingerprint density at radius 1 is 1.07 bits per heavy atom. The summed E-state index contributed by atoms with van der Waals surface area (Å²) < 4.78 is 36.4. The van der Waals surface area contributed by atoms with E-state index in [0.717, 1.165) is 5.56 Å². The van der Waals surface area contributed by atoms with Gasteiger partial charge in [0.15, 0.2) is 0 Å². The maximum absolute atomic E-state index is 13.4. The SMILES string of the molecule is CCN(C(C)c1cccc(OC)c1)S(=O)(=O)c1ccc2c(c1)n(C)c(=O)n2C. The summed E-state index contributed by atoms with van der Waals surface area (Å²) in [5.74, 6) is 0.679. The molecule has 0 saturated carbocycles. The fourth-order valence-corrected chi connectivity index (χ4v) is 5.15. The Labute approximate surface area is 164 Å². The van der Waals surface area contributed by atoms with Crippen molar-refractivity contribution in [2.24, 2.45) is 14.1 Å². The molecule has 0 aliphatic rings. The van der Waals surface area contributed by atoms with Gasteiger partial charge in [0.05, 0.1) is 23.0 Å². The van der Waals surface area contributed by atoms with E-state index in [2.05, 4.69) is 0 Å². The summed E-state index contributed by atoms with van der Waals surface area (Å²) in [6.07, 6.45) is 0. The molecule has 0 aliphatic carbocycles. The zero-order valence-corrected chi connectivity index (χ0v) is 17.5. The van der Waals surface area contributed by atoms with Crippen molar-refractivity contribution >= 4 is 21.1 Å². The van der Waals surface area contributed by atoms with Crippen LogP contribution < -0.4 is 10.4 Å². The second-order valence-electron chi connectivity index (χ2n) is 6.71. The van der Waals surface area contributed by atoms with Crippen molar-refractivity contribution in [2.75, 3.05) is 13.7 Å². The normalized spacial score (nSPS) is 13.2. The van der Waals surface area contributed by atoms with Crippen molar-refractivity contribution in [1.29, 1.82) is 0 Å². The third-order valence-electron chi connectivity index (χ3n) is 5.17. The third-order valence-corrected chi connectivity index (χ3v) is 7.21. The Balaban J connectivity index is 2.07. The van der Waals surface area contributed by atoms with Crippen LogP contribution in [-0.2, 0) is 24.1 Å². The average molecular weight is 404 g/mol. The van der Waals surface area contributed by atoms with Gasteiger partial charge < -0.3 is 4.74 Å². The van der Waals surface area contributed by atoms with Gasteiger partial charge in [0.2, 0.25) is 10.0 Å². The molecule has 28 heavy (non-hydrogen) atoms. The van der Waals surface area contributed by atoms with Crippen molar-refractivity contribution in [1.82, 2.24) is 13.4 Å². The van der Waals surface area contributed by atoms with Crippen LogP contribution in [0.5, 0.6) is 5.75 Å². The first-order chi connectivity index (χ1) is 13.2. The van der Waals surface area contributed by atoms with E-state index in [4.69, 9.17) is 4.74 Å². The second kappa shape index (κ2) is 7.44. The number of sulfonamides is 1. The van der Waals surface area contributed by atoms with Gasteiger partial charge in [0, 0.05) is 26.7 Å². The van der Waals surface area contributed by atoms with Crippen LogP contribution in [0.15, 0.2) is 52.2 Å². The molecule has 7 nitrogen and oxygen atoms in total. The predicted octanol–water partition coefficient (Wildman–Crippen LogP) is 2.66. The van der Waals surface area contributed by atoms with Crippen LogP contribution in [0.1, 0.15) is 25.5 Å². The minimum absolute atomic E-state index is 0.165. The van der Waals surface area contributed by atoms with Gasteiger partial charge in [0.1, 0.15) is 5.75 Å². The van der Waals surface area contributed by atoms with Gasteiger partial charge >= 0.3 is 5.69 Å². The third kappa shape index (κ3) is 3.22. The van der Waals surface area contributed by atoms with E-state index in [1.807, 2.05) is 38.1 Å². The number of rotatable bonds is 6. The summed E-state index contributed by atoms with van der Waals surface area (Å²) in [6, 6.07) is 11.8. The van der Waals surface area contributed by atoms with Gasteiger partial charge in [-0.05, 0) is 42.8 Å². The Bertz CT molecular complexity index is 1180. The lowest BCUT2D eigenvalue weighted by molar-refractivity contribution is 0.355. The summed E-state index contributed by atoms with van der Waals surface area (Å²) in [4.78, 5) is 12.3. The van der Waals surface area contributed by atoms with Gasteiger partial charge in [-0.1, -0.05) is 19.1 Å². The summed E-state index contributed by atoms with van der Waals surface area (Å²) in [5.41, 5.74) is 1.92. The number of nitrogens with zero attached hydrogens (tertiary/aromatic N) is 3. The molecule has 0 bridgehead atoms. The average Bonchev–Trinajstić information content (AvgIpc) is 2.92. The summed E-state index contributed by atoms with van der Waals surface area (Å²) in [5, 5.41) is 0. The molecular formula is C20H25N3O4S. The molecule has 0 spiro atoms. The van der Waals surface area contributed by atoms with Crippen molar-refractivity contribution in [2.45, 2.75) is 24.8 Å². The molecule has 150 valence electrons. The first kappa shape index (κ1) is 20.2. The molecule has 8 heteroatoms. The molecule has 0 fully saturated rings. The van der Waals surface area contributed by atoms with Crippen LogP contribution in [0.4, 0.5) is 0 Å². The highest BCUT2D eigenvalue weighted by Crippen LogP contribution is 2.30. The number of aromatic nitrogens is 2. The van der Waals surface area contributed by atoms with Crippen LogP contribution >= 0.6 is 0 Å². The first-order valence-corrected chi connectivity index (χ1v) is 10.5. The predicted molar refractivity (Wildman–Crippen MR) is 109 cm³/mol. The van der Waals surface area contributed by atoms with Crippen molar-refractivity contribution in [3.8, 4) is 5.75 Å². The zero-order chi connectivity index (χ0) is 20.6. The molecule has 0 aliphatic heterocycles. The lowest BCUT2D eigenvalue weighted by Crippen LogP contribution is -2.33. The van der Waals surface area contributed by atoms with Crippen molar-refractivity contribution < 1.29 is 13.2 Å². The minimum Gasteiger partial charge on any atom is -0.497 e. The van der Waals surface area contributed by atoms with E-state index < -0.39 is 10.0 Å². The highest BCUT2D eigenvalue weighted by molar-refractivity contribution is 7.89. The number of methoxy groups -OCH3 is 1. The topological polar surface area (TPSA) is 73.5 Å². The van der Waals surface area contributed by atoms with Gasteiger partial charge in [-0.3, -0.25) is 9.13 Å². The monoisotopic (exact) mass is 403 g/mol. The van der Waals surface area contributed by atoms with Crippen molar-refractivity contribution in [3.05, 3.63) is 58.5 Å². The van der Waals surface area contributed by atoms with E-state index in [0.29, 0.717) is 23.3 Å². The number of aryl methyl sites for hydroxylation is 2. The zero-order valence-electron chi connectivity index (χ0n) is 16.7. The lowest BCUT2D eigenvalue weighted by Gasteiger charge is -2.28.